The van der Waals surface area contributed by atoms with Crippen LogP contribution in [0.15, 0.2) is 53.9 Å². The predicted molar refractivity (Wildman–Crippen MR) is 105 cm³/mol. The molecule has 2 N–H and O–H groups in total. The lowest BCUT2D eigenvalue weighted by molar-refractivity contribution is 0.174. The highest BCUT2D eigenvalue weighted by molar-refractivity contribution is 6.30. The summed E-state index contributed by atoms with van der Waals surface area (Å²) in [5.41, 5.74) is 9.54. The van der Waals surface area contributed by atoms with Crippen LogP contribution in [0.1, 0.15) is 22.7 Å². The van der Waals surface area contributed by atoms with Gasteiger partial charge in [0.1, 0.15) is 11.6 Å². The number of nitrogens with two attached hydrogens (primary N) is 1. The summed E-state index contributed by atoms with van der Waals surface area (Å²) in [6.07, 6.45) is 0. The van der Waals surface area contributed by atoms with Crippen molar-refractivity contribution in [3.63, 3.8) is 0 Å². The molecule has 29 heavy (non-hydrogen) atoms. The van der Waals surface area contributed by atoms with Crippen LogP contribution < -0.4 is 19.9 Å². The Morgan fingerprint density at radius 1 is 1.21 bits per heavy atom. The van der Waals surface area contributed by atoms with Crippen molar-refractivity contribution in [3.8, 4) is 29.1 Å². The van der Waals surface area contributed by atoms with Crippen molar-refractivity contribution in [2.24, 2.45) is 5.73 Å². The Morgan fingerprint density at radius 3 is 2.83 bits per heavy atom. The summed E-state index contributed by atoms with van der Waals surface area (Å²) in [5, 5.41) is 15.0. The summed E-state index contributed by atoms with van der Waals surface area (Å²) < 4.78 is 18.4. The fourth-order valence-corrected chi connectivity index (χ4v) is 3.91. The van der Waals surface area contributed by atoms with Crippen molar-refractivity contribution in [1.29, 1.82) is 5.26 Å². The summed E-state index contributed by atoms with van der Waals surface area (Å²) in [5.74, 6) is 1.37. The van der Waals surface area contributed by atoms with Gasteiger partial charge >= 0.3 is 0 Å². The van der Waals surface area contributed by atoms with Crippen molar-refractivity contribution < 1.29 is 14.2 Å². The molecule has 5 rings (SSSR count). The van der Waals surface area contributed by atoms with Gasteiger partial charge in [-0.3, -0.25) is 0 Å². The van der Waals surface area contributed by atoms with Gasteiger partial charge in [-0.1, -0.05) is 23.7 Å². The molecule has 3 heterocycles. The zero-order valence-corrected chi connectivity index (χ0v) is 16.1. The smallest absolute Gasteiger partial charge is 0.231 e. The van der Waals surface area contributed by atoms with E-state index in [0.717, 1.165) is 22.5 Å². The normalized spacial score (nSPS) is 16.9. The standard InChI is InChI=1S/C21H15ClN4O3/c1-11-18-19(12-5-6-16-17(7-12)28-10-27-16)15(9-23)20(24)29-21(18)26(25-11)14-4-2-3-13(22)8-14/h2-8,19H,10,24H2,1H3/t19-/m0/s1. The minimum Gasteiger partial charge on any atom is -0.454 e. The second-order valence-corrected chi connectivity index (χ2v) is 7.17. The van der Waals surface area contributed by atoms with E-state index in [1.807, 2.05) is 37.3 Å². The average Bonchev–Trinajstić information content (AvgIpc) is 3.31. The van der Waals surface area contributed by atoms with Crippen LogP contribution in [0.2, 0.25) is 5.02 Å². The fourth-order valence-electron chi connectivity index (χ4n) is 3.72. The van der Waals surface area contributed by atoms with Crippen molar-refractivity contribution in [2.75, 3.05) is 6.79 Å². The van der Waals surface area contributed by atoms with Gasteiger partial charge in [0.15, 0.2) is 11.5 Å². The molecule has 0 radical (unpaired) electrons. The van der Waals surface area contributed by atoms with Crippen LogP contribution in [-0.2, 0) is 0 Å². The molecular weight excluding hydrogens is 392 g/mol. The molecule has 0 aliphatic carbocycles. The van der Waals surface area contributed by atoms with Crippen LogP contribution in [-0.4, -0.2) is 16.6 Å². The summed E-state index contributed by atoms with van der Waals surface area (Å²) in [7, 11) is 0. The van der Waals surface area contributed by atoms with Gasteiger partial charge in [-0.05, 0) is 42.8 Å². The van der Waals surface area contributed by atoms with E-state index in [1.54, 1.807) is 16.8 Å². The van der Waals surface area contributed by atoms with Gasteiger partial charge in [-0.2, -0.15) is 10.4 Å². The molecule has 3 aromatic rings. The number of aromatic nitrogens is 2. The Balaban J connectivity index is 1.72. The van der Waals surface area contributed by atoms with E-state index in [1.165, 1.54) is 0 Å². The van der Waals surface area contributed by atoms with Gasteiger partial charge in [0.2, 0.25) is 18.6 Å². The molecule has 2 aromatic carbocycles. The minimum absolute atomic E-state index is 0.0471. The van der Waals surface area contributed by atoms with Gasteiger partial charge in [-0.25, -0.2) is 4.68 Å². The Morgan fingerprint density at radius 2 is 2.03 bits per heavy atom. The Kier molecular flexibility index (Phi) is 3.89. The average molecular weight is 407 g/mol. The highest BCUT2D eigenvalue weighted by atomic mass is 35.5. The molecule has 2 aliphatic heterocycles. The quantitative estimate of drug-likeness (QED) is 0.695. The Labute approximate surface area is 171 Å². The number of aryl methyl sites for hydroxylation is 1. The summed E-state index contributed by atoms with van der Waals surface area (Å²) in [4.78, 5) is 0. The molecule has 0 amide bonds. The van der Waals surface area contributed by atoms with E-state index in [-0.39, 0.29) is 12.7 Å². The molecule has 0 spiro atoms. The van der Waals surface area contributed by atoms with E-state index < -0.39 is 5.92 Å². The van der Waals surface area contributed by atoms with Gasteiger partial charge in [0.05, 0.1) is 22.9 Å². The van der Waals surface area contributed by atoms with E-state index in [9.17, 15) is 5.26 Å². The van der Waals surface area contributed by atoms with Crippen molar-refractivity contribution in [2.45, 2.75) is 12.8 Å². The first kappa shape index (κ1) is 17.5. The summed E-state index contributed by atoms with van der Waals surface area (Å²) in [6, 6.07) is 15.1. The molecular formula is C21H15ClN4O3. The molecule has 1 atom stereocenters. The first-order valence-electron chi connectivity index (χ1n) is 8.89. The number of hydrogen-bond donors (Lipinski definition) is 1. The van der Waals surface area contributed by atoms with Crippen molar-refractivity contribution in [3.05, 3.63) is 75.8 Å². The number of fused-ring (bicyclic) bond motifs is 2. The monoisotopic (exact) mass is 406 g/mol. The molecule has 144 valence electrons. The van der Waals surface area contributed by atoms with Crippen LogP contribution >= 0.6 is 11.6 Å². The highest BCUT2D eigenvalue weighted by Crippen LogP contribution is 2.46. The topological polar surface area (TPSA) is 95.3 Å². The summed E-state index contributed by atoms with van der Waals surface area (Å²) in [6.45, 7) is 2.05. The van der Waals surface area contributed by atoms with Crippen LogP contribution in [0.25, 0.3) is 5.69 Å². The maximum atomic E-state index is 9.79. The first-order chi connectivity index (χ1) is 14.1. The van der Waals surface area contributed by atoms with Crippen molar-refractivity contribution in [1.82, 2.24) is 9.78 Å². The number of hydrogen-bond acceptors (Lipinski definition) is 6. The third kappa shape index (κ3) is 2.69. The zero-order chi connectivity index (χ0) is 20.1. The van der Waals surface area contributed by atoms with Crippen LogP contribution in [0.4, 0.5) is 0 Å². The lowest BCUT2D eigenvalue weighted by atomic mass is 9.84. The van der Waals surface area contributed by atoms with Crippen molar-refractivity contribution >= 4 is 11.6 Å². The van der Waals surface area contributed by atoms with Crippen LogP contribution in [0.5, 0.6) is 17.4 Å². The lowest BCUT2D eigenvalue weighted by Gasteiger charge is -2.25. The summed E-state index contributed by atoms with van der Waals surface area (Å²) >= 11 is 6.15. The zero-order valence-electron chi connectivity index (χ0n) is 15.3. The van der Waals surface area contributed by atoms with Gasteiger partial charge in [0, 0.05) is 5.02 Å². The molecule has 0 bridgehead atoms. The predicted octanol–water partition coefficient (Wildman–Crippen LogP) is 3.78. The third-order valence-corrected chi connectivity index (χ3v) is 5.25. The second-order valence-electron chi connectivity index (χ2n) is 6.73. The van der Waals surface area contributed by atoms with E-state index >= 15 is 0 Å². The molecule has 7 nitrogen and oxygen atoms in total. The first-order valence-corrected chi connectivity index (χ1v) is 9.27. The number of halogens is 1. The van der Waals surface area contributed by atoms with E-state index in [4.69, 9.17) is 31.5 Å². The number of benzene rings is 2. The largest absolute Gasteiger partial charge is 0.454 e. The third-order valence-electron chi connectivity index (χ3n) is 5.02. The molecule has 0 fully saturated rings. The van der Waals surface area contributed by atoms with Gasteiger partial charge in [-0.15, -0.1) is 0 Å². The van der Waals surface area contributed by atoms with Crippen LogP contribution in [0.3, 0.4) is 0 Å². The second kappa shape index (κ2) is 6.47. The highest BCUT2D eigenvalue weighted by Gasteiger charge is 2.36. The lowest BCUT2D eigenvalue weighted by Crippen LogP contribution is -2.22. The van der Waals surface area contributed by atoms with Crippen LogP contribution in [0, 0.1) is 18.3 Å². The maximum absolute atomic E-state index is 9.79. The maximum Gasteiger partial charge on any atom is 0.231 e. The van der Waals surface area contributed by atoms with E-state index in [0.29, 0.717) is 28.0 Å². The number of nitrogens with zero attached hydrogens (tertiary/aromatic N) is 3. The molecule has 0 saturated heterocycles. The fraction of sp³-hybridized carbons (Fsp3) is 0.143. The molecule has 8 heteroatoms. The number of rotatable bonds is 2. The number of nitriles is 1. The van der Waals surface area contributed by atoms with E-state index in [2.05, 4.69) is 11.2 Å². The van der Waals surface area contributed by atoms with Gasteiger partial charge in [0.25, 0.3) is 0 Å². The molecule has 0 unspecified atom stereocenters. The number of ether oxygens (including phenoxy) is 3. The molecule has 2 aliphatic rings. The number of allylic oxidation sites excluding steroid dienone is 1. The SMILES string of the molecule is Cc1nn(-c2cccc(Cl)c2)c2c1[C@@H](c1ccc3c(c1)OCO3)C(C#N)=C(N)O2. The molecule has 1 aromatic heterocycles. The van der Waals surface area contributed by atoms with Gasteiger partial charge < -0.3 is 19.9 Å². The minimum atomic E-state index is -0.439. The Hall–Kier alpha value is -3.63. The Bertz CT molecular complexity index is 1230. The molecule has 0 saturated carbocycles.